The molecule has 0 radical (unpaired) electrons. The second-order valence-corrected chi connectivity index (χ2v) is 5.17. The average molecular weight is 310 g/mol. The number of carbonyl (C=O) groups excluding carboxylic acids is 3. The van der Waals surface area contributed by atoms with Gasteiger partial charge in [0.05, 0.1) is 5.69 Å². The van der Waals surface area contributed by atoms with Gasteiger partial charge in [-0.15, -0.1) is 0 Å². The summed E-state index contributed by atoms with van der Waals surface area (Å²) in [5, 5.41) is 7.14. The fourth-order valence-electron chi connectivity index (χ4n) is 2.34. The third-order valence-electron chi connectivity index (χ3n) is 3.15. The monoisotopic (exact) mass is 309 g/mol. The number of aryl methyl sites for hydroxylation is 1. The Morgan fingerprint density at radius 2 is 1.78 bits per heavy atom. The Labute approximate surface area is 110 Å². The van der Waals surface area contributed by atoms with Crippen molar-refractivity contribution < 1.29 is 14.4 Å². The molecular formula is C11H8BrN3O3. The van der Waals surface area contributed by atoms with Crippen molar-refractivity contribution >= 4 is 39.5 Å². The zero-order valence-corrected chi connectivity index (χ0v) is 10.8. The van der Waals surface area contributed by atoms with Gasteiger partial charge in [0.2, 0.25) is 5.54 Å². The number of carbonyl (C=O) groups is 3. The number of hydrogen-bond acceptors (Lipinski definition) is 3. The molecule has 1 saturated heterocycles. The number of anilines is 1. The second kappa shape index (κ2) is 3.32. The van der Waals surface area contributed by atoms with E-state index in [0.29, 0.717) is 11.3 Å². The highest BCUT2D eigenvalue weighted by molar-refractivity contribution is 9.10. The third-order valence-corrected chi connectivity index (χ3v) is 3.61. The molecule has 1 spiro atoms. The molecule has 4 amide bonds. The van der Waals surface area contributed by atoms with Gasteiger partial charge >= 0.3 is 6.03 Å². The summed E-state index contributed by atoms with van der Waals surface area (Å²) in [5.41, 5.74) is 0.211. The van der Waals surface area contributed by atoms with Crippen LogP contribution in [0.3, 0.4) is 0 Å². The van der Waals surface area contributed by atoms with Crippen molar-refractivity contribution in [2.24, 2.45) is 0 Å². The number of halogens is 1. The lowest BCUT2D eigenvalue weighted by molar-refractivity contribution is -0.132. The summed E-state index contributed by atoms with van der Waals surface area (Å²) in [4.78, 5) is 35.3. The Morgan fingerprint density at radius 1 is 1.11 bits per heavy atom. The number of fused-ring (bicyclic) bond motifs is 2. The Kier molecular flexibility index (Phi) is 2.07. The van der Waals surface area contributed by atoms with E-state index < -0.39 is 23.4 Å². The van der Waals surface area contributed by atoms with Crippen molar-refractivity contribution in [2.45, 2.75) is 12.5 Å². The molecule has 3 rings (SSSR count). The molecule has 1 fully saturated rings. The van der Waals surface area contributed by atoms with Gasteiger partial charge in [-0.05, 0) is 24.6 Å². The van der Waals surface area contributed by atoms with Crippen molar-refractivity contribution in [3.63, 3.8) is 0 Å². The standard InChI is InChI=1S/C11H8BrN3O3/c1-4-2-5(12)3-6-7(4)13-8(16)11(6)9(17)14-10(18)15-11/h2-3H,1H3,(H,13,16)(H2,14,15,17,18). The molecule has 2 aliphatic heterocycles. The molecule has 92 valence electrons. The molecule has 1 aromatic carbocycles. The number of hydrogen-bond donors (Lipinski definition) is 3. The zero-order chi connectivity index (χ0) is 13.1. The summed E-state index contributed by atoms with van der Waals surface area (Å²) in [6, 6.07) is 2.82. The van der Waals surface area contributed by atoms with Crippen LogP contribution in [-0.2, 0) is 15.1 Å². The lowest BCUT2D eigenvalue weighted by atomic mass is 9.90. The fourth-order valence-corrected chi connectivity index (χ4v) is 2.91. The van der Waals surface area contributed by atoms with Crippen molar-refractivity contribution in [3.05, 3.63) is 27.7 Å². The van der Waals surface area contributed by atoms with Gasteiger partial charge < -0.3 is 10.6 Å². The smallest absolute Gasteiger partial charge is 0.323 e. The maximum absolute atomic E-state index is 12.1. The van der Waals surface area contributed by atoms with Crippen LogP contribution in [0.4, 0.5) is 10.5 Å². The summed E-state index contributed by atoms with van der Waals surface area (Å²) < 4.78 is 0.739. The topological polar surface area (TPSA) is 87.3 Å². The van der Waals surface area contributed by atoms with E-state index in [2.05, 4.69) is 31.9 Å². The summed E-state index contributed by atoms with van der Waals surface area (Å²) >= 11 is 3.32. The number of rotatable bonds is 0. The third kappa shape index (κ3) is 1.19. The van der Waals surface area contributed by atoms with Gasteiger partial charge in [0, 0.05) is 10.0 Å². The van der Waals surface area contributed by atoms with E-state index in [1.165, 1.54) is 0 Å². The van der Waals surface area contributed by atoms with Crippen LogP contribution in [-0.4, -0.2) is 17.8 Å². The molecule has 1 aromatic rings. The first-order chi connectivity index (χ1) is 8.45. The van der Waals surface area contributed by atoms with E-state index in [0.717, 1.165) is 10.0 Å². The van der Waals surface area contributed by atoms with Crippen LogP contribution in [0.1, 0.15) is 11.1 Å². The number of amides is 4. The van der Waals surface area contributed by atoms with Crippen LogP contribution in [0.5, 0.6) is 0 Å². The molecule has 0 bridgehead atoms. The van der Waals surface area contributed by atoms with Gasteiger partial charge in [-0.2, -0.15) is 0 Å². The van der Waals surface area contributed by atoms with Crippen molar-refractivity contribution in [1.82, 2.24) is 10.6 Å². The van der Waals surface area contributed by atoms with Crippen molar-refractivity contribution in [2.75, 3.05) is 5.32 Å². The lowest BCUT2D eigenvalue weighted by Crippen LogP contribution is -2.49. The first kappa shape index (κ1) is 11.2. The normalized spacial score (nSPS) is 24.9. The minimum absolute atomic E-state index is 0.461. The molecule has 18 heavy (non-hydrogen) atoms. The Bertz CT molecular complexity index is 628. The fraction of sp³-hybridized carbons (Fsp3) is 0.182. The molecule has 6 nitrogen and oxygen atoms in total. The molecule has 3 N–H and O–H groups in total. The van der Waals surface area contributed by atoms with Gasteiger partial charge in [0.15, 0.2) is 0 Å². The zero-order valence-electron chi connectivity index (χ0n) is 9.26. The van der Waals surface area contributed by atoms with Crippen LogP contribution in [0.15, 0.2) is 16.6 Å². The minimum Gasteiger partial charge on any atom is -0.323 e. The SMILES string of the molecule is Cc1cc(Br)cc2c1NC(=O)C21NC(=O)NC1=O. The molecule has 1 unspecified atom stereocenters. The van der Waals surface area contributed by atoms with Crippen LogP contribution in [0.2, 0.25) is 0 Å². The molecule has 2 heterocycles. The quantitative estimate of drug-likeness (QED) is 0.488. The number of nitrogens with one attached hydrogen (secondary N) is 3. The van der Waals surface area contributed by atoms with E-state index >= 15 is 0 Å². The predicted octanol–water partition coefficient (Wildman–Crippen LogP) is 0.744. The van der Waals surface area contributed by atoms with Crippen molar-refractivity contribution in [1.29, 1.82) is 0 Å². The van der Waals surface area contributed by atoms with Gasteiger partial charge in [-0.25, -0.2) is 4.79 Å². The summed E-state index contributed by atoms with van der Waals surface area (Å²) in [5.74, 6) is -1.19. The summed E-state index contributed by atoms with van der Waals surface area (Å²) in [6.07, 6.45) is 0. The van der Waals surface area contributed by atoms with Crippen molar-refractivity contribution in [3.8, 4) is 0 Å². The molecule has 0 aliphatic carbocycles. The van der Waals surface area contributed by atoms with Crippen LogP contribution < -0.4 is 16.0 Å². The Balaban J connectivity index is 2.30. The summed E-state index contributed by atoms with van der Waals surface area (Å²) in [7, 11) is 0. The number of benzene rings is 1. The molecule has 0 aromatic heterocycles. The lowest BCUT2D eigenvalue weighted by Gasteiger charge is -2.17. The molecule has 7 heteroatoms. The first-order valence-electron chi connectivity index (χ1n) is 5.21. The van der Waals surface area contributed by atoms with Gasteiger partial charge in [0.1, 0.15) is 0 Å². The minimum atomic E-state index is -1.64. The molecule has 0 saturated carbocycles. The van der Waals surface area contributed by atoms with E-state index in [1.807, 2.05) is 13.0 Å². The van der Waals surface area contributed by atoms with Gasteiger partial charge in [-0.1, -0.05) is 15.9 Å². The van der Waals surface area contributed by atoms with E-state index in [1.54, 1.807) is 6.07 Å². The van der Waals surface area contributed by atoms with E-state index in [9.17, 15) is 14.4 Å². The van der Waals surface area contributed by atoms with Gasteiger partial charge in [0.25, 0.3) is 11.8 Å². The van der Waals surface area contributed by atoms with Crippen LogP contribution >= 0.6 is 15.9 Å². The maximum atomic E-state index is 12.1. The highest BCUT2D eigenvalue weighted by Gasteiger charge is 2.58. The van der Waals surface area contributed by atoms with Gasteiger partial charge in [-0.3, -0.25) is 14.9 Å². The number of imide groups is 1. The second-order valence-electron chi connectivity index (χ2n) is 4.26. The Hall–Kier alpha value is -1.89. The van der Waals surface area contributed by atoms with E-state index in [4.69, 9.17) is 0 Å². The summed E-state index contributed by atoms with van der Waals surface area (Å²) in [6.45, 7) is 1.82. The molecule has 2 aliphatic rings. The highest BCUT2D eigenvalue weighted by Crippen LogP contribution is 2.41. The molecular weight excluding hydrogens is 302 g/mol. The average Bonchev–Trinajstić information content (AvgIpc) is 2.71. The predicted molar refractivity (Wildman–Crippen MR) is 65.9 cm³/mol. The number of urea groups is 1. The van der Waals surface area contributed by atoms with E-state index in [-0.39, 0.29) is 0 Å². The maximum Gasteiger partial charge on any atom is 0.323 e. The Morgan fingerprint density at radius 3 is 2.39 bits per heavy atom. The largest absolute Gasteiger partial charge is 0.323 e. The van der Waals surface area contributed by atoms with Crippen LogP contribution in [0.25, 0.3) is 0 Å². The highest BCUT2D eigenvalue weighted by atomic mass is 79.9. The van der Waals surface area contributed by atoms with Crippen LogP contribution in [0, 0.1) is 6.92 Å². The first-order valence-corrected chi connectivity index (χ1v) is 6.00. The molecule has 1 atom stereocenters.